The van der Waals surface area contributed by atoms with E-state index < -0.39 is 0 Å². The Hall–Kier alpha value is -0.610. The molecule has 0 bridgehead atoms. The van der Waals surface area contributed by atoms with Gasteiger partial charge in [0.1, 0.15) is 0 Å². The van der Waals surface area contributed by atoms with E-state index in [-0.39, 0.29) is 0 Å². The molecule has 0 aliphatic rings. The second-order valence-electron chi connectivity index (χ2n) is 3.50. The quantitative estimate of drug-likeness (QED) is 0.805. The minimum Gasteiger partial charge on any atom is -0.372 e. The maximum Gasteiger partial charge on any atom is 0.0592 e. The van der Waals surface area contributed by atoms with E-state index in [4.69, 9.17) is 0 Å². The summed E-state index contributed by atoms with van der Waals surface area (Å²) in [6, 6.07) is 2.02. The molecule has 0 unspecified atom stereocenters. The first-order valence-electron chi connectivity index (χ1n) is 5.27. The second kappa shape index (κ2) is 6.80. The van der Waals surface area contributed by atoms with Crippen molar-refractivity contribution < 1.29 is 0 Å². The van der Waals surface area contributed by atoms with Crippen LogP contribution in [0.1, 0.15) is 13.3 Å². The van der Waals surface area contributed by atoms with E-state index in [1.54, 1.807) is 0 Å². The van der Waals surface area contributed by atoms with Gasteiger partial charge in [-0.2, -0.15) is 0 Å². The van der Waals surface area contributed by atoms with E-state index in [2.05, 4.69) is 45.1 Å². The van der Waals surface area contributed by atoms with Gasteiger partial charge in [-0.1, -0.05) is 6.92 Å². The maximum absolute atomic E-state index is 4.05. The van der Waals surface area contributed by atoms with Crippen LogP contribution in [-0.2, 0) is 0 Å². The summed E-state index contributed by atoms with van der Waals surface area (Å²) < 4.78 is 1.04. The molecule has 0 saturated heterocycles. The molecule has 0 radical (unpaired) electrons. The lowest BCUT2D eigenvalue weighted by atomic mass is 10.3. The normalized spacial score (nSPS) is 10.3. The van der Waals surface area contributed by atoms with Crippen LogP contribution in [0.5, 0.6) is 0 Å². The lowest BCUT2D eigenvalue weighted by Gasteiger charge is -2.20. The highest BCUT2D eigenvalue weighted by molar-refractivity contribution is 9.10. The standard InChI is InChI=1S/C11H18BrN3/c1-3-5-13-7-8-15(2)11-4-6-14-9-10(11)12/h4,6,9,13H,3,5,7-8H2,1-2H3. The van der Waals surface area contributed by atoms with Crippen molar-refractivity contribution in [2.45, 2.75) is 13.3 Å². The summed E-state index contributed by atoms with van der Waals surface area (Å²) >= 11 is 3.49. The fraction of sp³-hybridized carbons (Fsp3) is 0.545. The van der Waals surface area contributed by atoms with Crippen LogP contribution in [0, 0.1) is 0 Å². The number of pyridine rings is 1. The van der Waals surface area contributed by atoms with Crippen LogP contribution in [0.4, 0.5) is 5.69 Å². The molecule has 1 N–H and O–H groups in total. The molecule has 0 saturated carbocycles. The maximum atomic E-state index is 4.05. The Morgan fingerprint density at radius 3 is 2.93 bits per heavy atom. The average molecular weight is 272 g/mol. The Labute approximate surface area is 100 Å². The summed E-state index contributed by atoms with van der Waals surface area (Å²) in [6.45, 7) is 5.28. The third-order valence-corrected chi connectivity index (χ3v) is 2.82. The van der Waals surface area contributed by atoms with Crippen LogP contribution in [0.2, 0.25) is 0 Å². The largest absolute Gasteiger partial charge is 0.372 e. The van der Waals surface area contributed by atoms with Crippen LogP contribution in [0.25, 0.3) is 0 Å². The monoisotopic (exact) mass is 271 g/mol. The van der Waals surface area contributed by atoms with E-state index in [9.17, 15) is 0 Å². The Bertz CT molecular complexity index is 291. The summed E-state index contributed by atoms with van der Waals surface area (Å²) in [5, 5.41) is 3.38. The molecule has 15 heavy (non-hydrogen) atoms. The summed E-state index contributed by atoms with van der Waals surface area (Å²) in [5.41, 5.74) is 1.18. The van der Waals surface area contributed by atoms with Gasteiger partial charge in [-0.15, -0.1) is 0 Å². The van der Waals surface area contributed by atoms with Crippen molar-refractivity contribution in [2.75, 3.05) is 31.6 Å². The Morgan fingerprint density at radius 1 is 1.47 bits per heavy atom. The van der Waals surface area contributed by atoms with Crippen LogP contribution in [-0.4, -0.2) is 31.7 Å². The van der Waals surface area contributed by atoms with Crippen molar-refractivity contribution in [1.82, 2.24) is 10.3 Å². The molecular formula is C11H18BrN3. The number of hydrogen-bond acceptors (Lipinski definition) is 3. The van der Waals surface area contributed by atoms with Gasteiger partial charge in [0.05, 0.1) is 10.2 Å². The predicted molar refractivity (Wildman–Crippen MR) is 68.4 cm³/mol. The molecule has 1 aromatic heterocycles. The number of aromatic nitrogens is 1. The minimum atomic E-state index is 1.00. The van der Waals surface area contributed by atoms with E-state index in [1.807, 2.05) is 18.5 Å². The molecule has 0 aliphatic heterocycles. The van der Waals surface area contributed by atoms with E-state index in [0.29, 0.717) is 0 Å². The number of halogens is 1. The molecule has 0 aromatic carbocycles. The van der Waals surface area contributed by atoms with E-state index in [0.717, 1.165) is 24.1 Å². The molecule has 0 spiro atoms. The fourth-order valence-corrected chi connectivity index (χ4v) is 1.90. The molecule has 1 heterocycles. The van der Waals surface area contributed by atoms with Crippen molar-refractivity contribution in [1.29, 1.82) is 0 Å². The van der Waals surface area contributed by atoms with Crippen molar-refractivity contribution in [3.05, 3.63) is 22.9 Å². The number of rotatable bonds is 6. The van der Waals surface area contributed by atoms with Crippen molar-refractivity contribution >= 4 is 21.6 Å². The number of hydrogen-bond donors (Lipinski definition) is 1. The van der Waals surface area contributed by atoms with Gasteiger partial charge in [-0.25, -0.2) is 0 Å². The van der Waals surface area contributed by atoms with Gasteiger partial charge in [-0.05, 0) is 35.0 Å². The van der Waals surface area contributed by atoms with Crippen LogP contribution >= 0.6 is 15.9 Å². The van der Waals surface area contributed by atoms with Gasteiger partial charge in [0.25, 0.3) is 0 Å². The first-order valence-corrected chi connectivity index (χ1v) is 6.06. The smallest absolute Gasteiger partial charge is 0.0592 e. The molecule has 0 amide bonds. The molecular weight excluding hydrogens is 254 g/mol. The Morgan fingerprint density at radius 2 is 2.27 bits per heavy atom. The molecule has 0 atom stereocenters. The van der Waals surface area contributed by atoms with Gasteiger partial charge in [-0.3, -0.25) is 4.98 Å². The molecule has 0 fully saturated rings. The Balaban J connectivity index is 2.40. The zero-order valence-corrected chi connectivity index (χ0v) is 10.9. The number of nitrogens with zero attached hydrogens (tertiary/aromatic N) is 2. The zero-order valence-electron chi connectivity index (χ0n) is 9.33. The summed E-state index contributed by atoms with van der Waals surface area (Å²) in [4.78, 5) is 6.26. The van der Waals surface area contributed by atoms with E-state index >= 15 is 0 Å². The fourth-order valence-electron chi connectivity index (χ4n) is 1.35. The summed E-state index contributed by atoms with van der Waals surface area (Å²) in [6.07, 6.45) is 4.82. The van der Waals surface area contributed by atoms with Crippen molar-refractivity contribution in [3.63, 3.8) is 0 Å². The van der Waals surface area contributed by atoms with E-state index in [1.165, 1.54) is 12.1 Å². The highest BCUT2D eigenvalue weighted by Crippen LogP contribution is 2.22. The highest BCUT2D eigenvalue weighted by Gasteiger charge is 2.03. The third-order valence-electron chi connectivity index (χ3n) is 2.21. The van der Waals surface area contributed by atoms with Gasteiger partial charge < -0.3 is 10.2 Å². The average Bonchev–Trinajstić information content (AvgIpc) is 2.25. The number of likely N-dealkylation sites (N-methyl/N-ethyl adjacent to an activating group) is 1. The first-order chi connectivity index (χ1) is 7.25. The molecule has 84 valence electrons. The molecule has 0 aliphatic carbocycles. The molecule has 4 heteroatoms. The van der Waals surface area contributed by atoms with Crippen molar-refractivity contribution in [3.8, 4) is 0 Å². The van der Waals surface area contributed by atoms with Crippen molar-refractivity contribution in [2.24, 2.45) is 0 Å². The third kappa shape index (κ3) is 4.18. The lowest BCUT2D eigenvalue weighted by Crippen LogP contribution is -2.29. The minimum absolute atomic E-state index is 1.00. The Kier molecular flexibility index (Phi) is 5.65. The second-order valence-corrected chi connectivity index (χ2v) is 4.35. The van der Waals surface area contributed by atoms with Gasteiger partial charge in [0.2, 0.25) is 0 Å². The van der Waals surface area contributed by atoms with Gasteiger partial charge in [0.15, 0.2) is 0 Å². The topological polar surface area (TPSA) is 28.2 Å². The molecule has 1 rings (SSSR count). The van der Waals surface area contributed by atoms with Crippen LogP contribution < -0.4 is 10.2 Å². The first kappa shape index (κ1) is 12.5. The van der Waals surface area contributed by atoms with Gasteiger partial charge in [0, 0.05) is 32.5 Å². The zero-order chi connectivity index (χ0) is 11.1. The summed E-state index contributed by atoms with van der Waals surface area (Å²) in [5.74, 6) is 0. The van der Waals surface area contributed by atoms with Gasteiger partial charge >= 0.3 is 0 Å². The SMILES string of the molecule is CCCNCCN(C)c1ccncc1Br. The molecule has 1 aromatic rings. The number of nitrogens with one attached hydrogen (secondary N) is 1. The van der Waals surface area contributed by atoms with Crippen LogP contribution in [0.3, 0.4) is 0 Å². The van der Waals surface area contributed by atoms with Crippen LogP contribution in [0.15, 0.2) is 22.9 Å². The summed E-state index contributed by atoms with van der Waals surface area (Å²) in [7, 11) is 2.09. The number of anilines is 1. The highest BCUT2D eigenvalue weighted by atomic mass is 79.9. The lowest BCUT2D eigenvalue weighted by molar-refractivity contribution is 0.665. The predicted octanol–water partition coefficient (Wildman–Crippen LogP) is 2.28. The molecule has 3 nitrogen and oxygen atoms in total.